The van der Waals surface area contributed by atoms with Gasteiger partial charge in [-0.1, -0.05) is 0 Å². The van der Waals surface area contributed by atoms with Gasteiger partial charge in [-0.15, -0.1) is 0 Å². The van der Waals surface area contributed by atoms with Gasteiger partial charge in [-0.25, -0.2) is 20.1 Å². The Morgan fingerprint density at radius 3 is 2.74 bits per heavy atom. The van der Waals surface area contributed by atoms with Gasteiger partial charge in [0.2, 0.25) is 0 Å². The van der Waals surface area contributed by atoms with E-state index in [1.165, 1.54) is 6.07 Å². The summed E-state index contributed by atoms with van der Waals surface area (Å²) in [6.45, 7) is -0.597. The number of anilines is 1. The predicted molar refractivity (Wildman–Crippen MR) is 60.1 cm³/mol. The molecule has 7 N–H and O–H groups in total. The van der Waals surface area contributed by atoms with Crippen LogP contribution in [0.5, 0.6) is 0 Å². The first-order valence-electron chi connectivity index (χ1n) is 5.34. The van der Waals surface area contributed by atoms with Crippen LogP contribution in [0.1, 0.15) is 0 Å². The molecule has 19 heavy (non-hydrogen) atoms. The molecule has 10 nitrogen and oxygen atoms in total. The molecule has 0 aliphatic carbocycles. The number of nitrogen functional groups attached to an aromatic ring is 1. The van der Waals surface area contributed by atoms with Crippen molar-refractivity contribution in [2.24, 2.45) is 5.90 Å². The van der Waals surface area contributed by atoms with Crippen LogP contribution in [-0.2, 0) is 15.5 Å². The molecule has 1 aliphatic rings. The summed E-state index contributed by atoms with van der Waals surface area (Å²) in [5.74, 6) is 2.86. The summed E-state index contributed by atoms with van der Waals surface area (Å²) in [5.41, 5.74) is 4.44. The third kappa shape index (κ3) is 2.00. The van der Waals surface area contributed by atoms with Gasteiger partial charge < -0.3 is 25.8 Å². The molecule has 1 aromatic heterocycles. The highest BCUT2D eigenvalue weighted by molar-refractivity contribution is 5.23. The Morgan fingerprint density at radius 2 is 2.26 bits per heavy atom. The Bertz CT molecular complexity index is 522. The second kappa shape index (κ2) is 4.85. The van der Waals surface area contributed by atoms with Crippen LogP contribution in [0.3, 0.4) is 0 Å². The van der Waals surface area contributed by atoms with Gasteiger partial charge in [-0.2, -0.15) is 4.98 Å². The summed E-state index contributed by atoms with van der Waals surface area (Å²) in [6.07, 6.45) is -3.20. The van der Waals surface area contributed by atoms with Crippen molar-refractivity contribution >= 4 is 5.82 Å². The van der Waals surface area contributed by atoms with E-state index < -0.39 is 36.5 Å². The van der Waals surface area contributed by atoms with Crippen molar-refractivity contribution in [3.8, 4) is 0 Å². The highest BCUT2D eigenvalue weighted by Crippen LogP contribution is 2.34. The van der Waals surface area contributed by atoms with Crippen LogP contribution < -0.4 is 17.3 Å². The fraction of sp³-hybridized carbons (Fsp3) is 0.556. The molecule has 0 spiro atoms. The zero-order chi connectivity index (χ0) is 14.2. The lowest BCUT2D eigenvalue weighted by Gasteiger charge is -2.30. The topological polar surface area (TPSA) is 166 Å². The third-order valence-electron chi connectivity index (χ3n) is 2.91. The van der Waals surface area contributed by atoms with Crippen LogP contribution in [-0.4, -0.2) is 49.8 Å². The Kier molecular flexibility index (Phi) is 3.54. The molecule has 0 unspecified atom stereocenters. The fourth-order valence-electron chi connectivity index (χ4n) is 1.93. The average molecular weight is 274 g/mol. The number of hydrogen-bond donors (Lipinski definition) is 5. The minimum Gasteiger partial charge on any atom is -0.394 e. The maximum absolute atomic E-state index is 11.7. The van der Waals surface area contributed by atoms with Crippen molar-refractivity contribution in [1.29, 1.82) is 0 Å². The molecule has 106 valence electrons. The number of ether oxygens (including phenoxy) is 1. The number of aliphatic hydroxyl groups is 3. The molecule has 0 aromatic carbocycles. The second-order valence-electron chi connectivity index (χ2n) is 4.03. The van der Waals surface area contributed by atoms with E-state index in [2.05, 4.69) is 9.82 Å². The normalized spacial score (nSPS) is 34.6. The van der Waals surface area contributed by atoms with Crippen LogP contribution in [0.2, 0.25) is 0 Å². The lowest BCUT2D eigenvalue weighted by atomic mass is 10.1. The fourth-order valence-corrected chi connectivity index (χ4v) is 1.93. The molecule has 1 aliphatic heterocycles. The summed E-state index contributed by atoms with van der Waals surface area (Å²) in [5, 5.41) is 28.7. The van der Waals surface area contributed by atoms with Crippen molar-refractivity contribution in [2.75, 3.05) is 12.3 Å². The number of aromatic nitrogens is 2. The van der Waals surface area contributed by atoms with Crippen LogP contribution in [0, 0.1) is 0 Å². The summed E-state index contributed by atoms with van der Waals surface area (Å²) < 4.78 is 5.91. The molecule has 1 aromatic rings. The number of aliphatic hydroxyl groups excluding tert-OH is 3. The molecule has 0 bridgehead atoms. The minimum atomic E-state index is -2.18. The van der Waals surface area contributed by atoms with E-state index in [-0.39, 0.29) is 5.82 Å². The summed E-state index contributed by atoms with van der Waals surface area (Å²) in [7, 11) is 0. The van der Waals surface area contributed by atoms with Crippen molar-refractivity contribution < 1.29 is 24.9 Å². The number of rotatable bonds is 3. The summed E-state index contributed by atoms with van der Waals surface area (Å²) in [6, 6.07) is 1.26. The molecule has 4 atom stereocenters. The van der Waals surface area contributed by atoms with Crippen LogP contribution in [0.25, 0.3) is 0 Å². The molecular formula is C9H14N4O6. The standard InChI is InChI=1S/C9H14N4O6/c10-5-1-2-13(8(17)12-5)9(19-11)7(16)6(15)4(3-14)18-9/h1-2,4,6-7,14-16H,3,11H2,(H2,10,12,17)/t4-,6-,7-,9+/m1/s1. The van der Waals surface area contributed by atoms with Crippen LogP contribution in [0.15, 0.2) is 17.1 Å². The molecule has 2 rings (SSSR count). The zero-order valence-corrected chi connectivity index (χ0v) is 9.71. The average Bonchev–Trinajstić information content (AvgIpc) is 2.64. The zero-order valence-electron chi connectivity index (χ0n) is 9.71. The third-order valence-corrected chi connectivity index (χ3v) is 2.91. The van der Waals surface area contributed by atoms with Gasteiger partial charge in [0.05, 0.1) is 6.61 Å². The molecule has 0 radical (unpaired) electrons. The van der Waals surface area contributed by atoms with Crippen LogP contribution in [0.4, 0.5) is 5.82 Å². The van der Waals surface area contributed by atoms with E-state index in [9.17, 15) is 15.0 Å². The summed E-state index contributed by atoms with van der Waals surface area (Å²) in [4.78, 5) is 19.7. The molecule has 0 amide bonds. The van der Waals surface area contributed by atoms with Crippen molar-refractivity contribution in [3.05, 3.63) is 22.7 Å². The molecular weight excluding hydrogens is 260 g/mol. The summed E-state index contributed by atoms with van der Waals surface area (Å²) >= 11 is 0. The van der Waals surface area contributed by atoms with E-state index in [0.717, 1.165) is 10.8 Å². The van der Waals surface area contributed by atoms with Gasteiger partial charge in [0.1, 0.15) is 18.0 Å². The van der Waals surface area contributed by atoms with Gasteiger partial charge in [0.15, 0.2) is 6.10 Å². The Balaban J connectivity index is 2.52. The highest BCUT2D eigenvalue weighted by atomic mass is 16.8. The lowest BCUT2D eigenvalue weighted by molar-refractivity contribution is -0.320. The van der Waals surface area contributed by atoms with E-state index in [1.807, 2.05) is 0 Å². The predicted octanol–water partition coefficient (Wildman–Crippen LogP) is -3.56. The van der Waals surface area contributed by atoms with Gasteiger partial charge in [-0.05, 0) is 6.07 Å². The number of hydrogen-bond acceptors (Lipinski definition) is 9. The Hall–Kier alpha value is -1.56. The highest BCUT2D eigenvalue weighted by Gasteiger charge is 2.57. The van der Waals surface area contributed by atoms with Crippen molar-refractivity contribution in [3.63, 3.8) is 0 Å². The second-order valence-corrected chi connectivity index (χ2v) is 4.03. The smallest absolute Gasteiger partial charge is 0.353 e. The first kappa shape index (κ1) is 13.9. The van der Waals surface area contributed by atoms with E-state index in [1.54, 1.807) is 0 Å². The van der Waals surface area contributed by atoms with Crippen molar-refractivity contribution in [2.45, 2.75) is 24.2 Å². The SMILES string of the molecule is NO[C@@]1(n2ccc(N)nc2=O)O[C@H](CO)[C@@H](O)[C@H]1O. The van der Waals surface area contributed by atoms with E-state index >= 15 is 0 Å². The number of nitrogens with two attached hydrogens (primary N) is 2. The largest absolute Gasteiger partial charge is 0.394 e. The lowest BCUT2D eigenvalue weighted by Crippen LogP contribution is -2.53. The molecule has 1 fully saturated rings. The van der Waals surface area contributed by atoms with Gasteiger partial charge >= 0.3 is 11.6 Å². The van der Waals surface area contributed by atoms with Gasteiger partial charge in [-0.3, -0.25) is 0 Å². The van der Waals surface area contributed by atoms with Gasteiger partial charge in [0.25, 0.3) is 0 Å². The van der Waals surface area contributed by atoms with Crippen LogP contribution >= 0.6 is 0 Å². The van der Waals surface area contributed by atoms with E-state index in [4.69, 9.17) is 21.5 Å². The first-order valence-corrected chi connectivity index (χ1v) is 5.34. The first-order chi connectivity index (χ1) is 8.96. The van der Waals surface area contributed by atoms with Gasteiger partial charge in [0, 0.05) is 6.20 Å². The Morgan fingerprint density at radius 1 is 1.58 bits per heavy atom. The molecule has 1 saturated heterocycles. The number of nitrogens with zero attached hydrogens (tertiary/aromatic N) is 2. The minimum absolute atomic E-state index is 0.0415. The monoisotopic (exact) mass is 274 g/mol. The molecule has 2 heterocycles. The van der Waals surface area contributed by atoms with E-state index in [0.29, 0.717) is 0 Å². The van der Waals surface area contributed by atoms with Crippen molar-refractivity contribution in [1.82, 2.24) is 9.55 Å². The molecule has 10 heteroatoms. The quantitative estimate of drug-likeness (QED) is 0.350. The maximum Gasteiger partial charge on any atom is 0.353 e. The molecule has 0 saturated carbocycles. The Labute approximate surface area is 106 Å². The maximum atomic E-state index is 11.7.